The Morgan fingerprint density at radius 2 is 2.16 bits per heavy atom. The molecule has 0 aromatic rings. The first-order valence-electron chi connectivity index (χ1n) is 7.78. The summed E-state index contributed by atoms with van der Waals surface area (Å²) < 4.78 is 6.15. The lowest BCUT2D eigenvalue weighted by molar-refractivity contribution is 0.168. The SMILES string of the molecule is CCCNC1COCC1CN1CCSC(C)(C)CC1. The highest BCUT2D eigenvalue weighted by Gasteiger charge is 2.31. The van der Waals surface area contributed by atoms with Gasteiger partial charge in [0, 0.05) is 35.5 Å². The number of nitrogens with one attached hydrogen (secondary N) is 1. The summed E-state index contributed by atoms with van der Waals surface area (Å²) in [5, 5.41) is 3.65. The largest absolute Gasteiger partial charge is 0.379 e. The quantitative estimate of drug-likeness (QED) is 0.837. The van der Waals surface area contributed by atoms with Gasteiger partial charge < -0.3 is 15.0 Å². The van der Waals surface area contributed by atoms with Crippen molar-refractivity contribution in [2.24, 2.45) is 5.92 Å². The number of thioether (sulfide) groups is 1. The second-order valence-corrected chi connectivity index (χ2v) is 8.32. The van der Waals surface area contributed by atoms with Gasteiger partial charge in [0.15, 0.2) is 0 Å². The fourth-order valence-electron chi connectivity index (χ4n) is 2.91. The molecule has 0 aromatic carbocycles. The first-order chi connectivity index (χ1) is 9.11. The first kappa shape index (κ1) is 15.6. The van der Waals surface area contributed by atoms with Crippen molar-refractivity contribution in [2.45, 2.75) is 44.4 Å². The predicted octanol–water partition coefficient (Wildman–Crippen LogP) is 2.22. The lowest BCUT2D eigenvalue weighted by Gasteiger charge is -2.27. The first-order valence-corrected chi connectivity index (χ1v) is 8.77. The molecule has 2 aliphatic heterocycles. The minimum Gasteiger partial charge on any atom is -0.379 e. The number of hydrogen-bond donors (Lipinski definition) is 1. The van der Waals surface area contributed by atoms with Gasteiger partial charge in [-0.05, 0) is 25.9 Å². The normalized spacial score (nSPS) is 32.4. The molecule has 2 rings (SSSR count). The highest BCUT2D eigenvalue weighted by molar-refractivity contribution is 8.00. The molecule has 4 heteroatoms. The maximum absolute atomic E-state index is 5.69. The number of hydrogen-bond acceptors (Lipinski definition) is 4. The van der Waals surface area contributed by atoms with Crippen LogP contribution in [0.4, 0.5) is 0 Å². The summed E-state index contributed by atoms with van der Waals surface area (Å²) in [6, 6.07) is 0.573. The van der Waals surface area contributed by atoms with E-state index in [0.717, 1.165) is 19.8 Å². The topological polar surface area (TPSA) is 24.5 Å². The predicted molar refractivity (Wildman–Crippen MR) is 84.0 cm³/mol. The Kier molecular flexibility index (Phi) is 6.00. The molecule has 19 heavy (non-hydrogen) atoms. The van der Waals surface area contributed by atoms with Gasteiger partial charge in [0.05, 0.1) is 13.2 Å². The minimum absolute atomic E-state index is 0.459. The molecular formula is C15H30N2OS. The lowest BCUT2D eigenvalue weighted by atomic mass is 10.0. The van der Waals surface area contributed by atoms with Crippen LogP contribution in [0.2, 0.25) is 0 Å². The molecule has 1 N–H and O–H groups in total. The maximum atomic E-state index is 5.69. The van der Waals surface area contributed by atoms with Gasteiger partial charge in [-0.2, -0.15) is 11.8 Å². The van der Waals surface area contributed by atoms with Crippen molar-refractivity contribution in [1.29, 1.82) is 0 Å². The molecule has 0 saturated carbocycles. The third-order valence-electron chi connectivity index (χ3n) is 4.28. The molecule has 2 fully saturated rings. The smallest absolute Gasteiger partial charge is 0.0623 e. The number of rotatable bonds is 5. The Balaban J connectivity index is 1.79. The van der Waals surface area contributed by atoms with E-state index in [0.29, 0.717) is 16.7 Å². The second kappa shape index (κ2) is 7.30. The van der Waals surface area contributed by atoms with Crippen LogP contribution in [0.15, 0.2) is 0 Å². The zero-order chi connectivity index (χ0) is 13.7. The molecule has 2 aliphatic rings. The second-order valence-electron chi connectivity index (χ2n) is 6.52. The van der Waals surface area contributed by atoms with Crippen LogP contribution in [0.25, 0.3) is 0 Å². The Labute approximate surface area is 122 Å². The average molecular weight is 286 g/mol. The molecule has 2 unspecified atom stereocenters. The molecule has 0 aliphatic carbocycles. The van der Waals surface area contributed by atoms with Gasteiger partial charge in [0.2, 0.25) is 0 Å². The van der Waals surface area contributed by atoms with Crippen molar-refractivity contribution in [3.05, 3.63) is 0 Å². The maximum Gasteiger partial charge on any atom is 0.0623 e. The van der Waals surface area contributed by atoms with Gasteiger partial charge in [0.25, 0.3) is 0 Å². The molecule has 2 saturated heterocycles. The third kappa shape index (κ3) is 4.92. The van der Waals surface area contributed by atoms with E-state index >= 15 is 0 Å². The van der Waals surface area contributed by atoms with Crippen molar-refractivity contribution in [3.8, 4) is 0 Å². The molecule has 0 spiro atoms. The van der Waals surface area contributed by atoms with Gasteiger partial charge in [-0.25, -0.2) is 0 Å². The van der Waals surface area contributed by atoms with Crippen LogP contribution in [0.5, 0.6) is 0 Å². The third-order valence-corrected chi connectivity index (χ3v) is 5.65. The Hall–Kier alpha value is 0.230. The monoisotopic (exact) mass is 286 g/mol. The van der Waals surface area contributed by atoms with Crippen LogP contribution in [0, 0.1) is 5.92 Å². The summed E-state index contributed by atoms with van der Waals surface area (Å²) in [5.74, 6) is 1.95. The van der Waals surface area contributed by atoms with Crippen LogP contribution in [0.3, 0.4) is 0 Å². The molecule has 0 amide bonds. The summed E-state index contributed by atoms with van der Waals surface area (Å²) in [6.07, 6.45) is 2.51. The Morgan fingerprint density at radius 1 is 1.32 bits per heavy atom. The van der Waals surface area contributed by atoms with Crippen LogP contribution >= 0.6 is 11.8 Å². The van der Waals surface area contributed by atoms with Gasteiger partial charge in [0.1, 0.15) is 0 Å². The molecule has 0 bridgehead atoms. The lowest BCUT2D eigenvalue weighted by Crippen LogP contribution is -2.42. The molecule has 112 valence electrons. The molecule has 0 aromatic heterocycles. The summed E-state index contributed by atoms with van der Waals surface area (Å²) in [7, 11) is 0. The summed E-state index contributed by atoms with van der Waals surface area (Å²) in [4.78, 5) is 2.65. The molecule has 0 radical (unpaired) electrons. The van der Waals surface area contributed by atoms with Crippen molar-refractivity contribution < 1.29 is 4.74 Å². The summed E-state index contributed by atoms with van der Waals surface area (Å²) in [5.41, 5.74) is 0. The molecule has 2 atom stereocenters. The van der Waals surface area contributed by atoms with E-state index in [4.69, 9.17) is 4.74 Å². The van der Waals surface area contributed by atoms with Crippen LogP contribution < -0.4 is 5.32 Å². The fraction of sp³-hybridized carbons (Fsp3) is 1.00. The molecule has 2 heterocycles. The van der Waals surface area contributed by atoms with E-state index in [9.17, 15) is 0 Å². The zero-order valence-electron chi connectivity index (χ0n) is 12.8. The molecular weight excluding hydrogens is 256 g/mol. The van der Waals surface area contributed by atoms with Crippen LogP contribution in [0.1, 0.15) is 33.6 Å². The summed E-state index contributed by atoms with van der Waals surface area (Å²) >= 11 is 2.13. The van der Waals surface area contributed by atoms with E-state index in [1.54, 1.807) is 0 Å². The standard InChI is InChI=1S/C15H30N2OS/c1-4-6-16-14-12-18-11-13(14)10-17-7-5-15(2,3)19-9-8-17/h13-14,16H,4-12H2,1-3H3. The van der Waals surface area contributed by atoms with E-state index in [2.05, 4.69) is 42.7 Å². The van der Waals surface area contributed by atoms with Crippen molar-refractivity contribution >= 4 is 11.8 Å². The fourth-order valence-corrected chi connectivity index (χ4v) is 4.05. The van der Waals surface area contributed by atoms with E-state index in [1.165, 1.54) is 38.2 Å². The summed E-state index contributed by atoms with van der Waals surface area (Å²) in [6.45, 7) is 13.6. The minimum atomic E-state index is 0.459. The number of nitrogens with zero attached hydrogens (tertiary/aromatic N) is 1. The average Bonchev–Trinajstić information content (AvgIpc) is 2.72. The number of ether oxygens (including phenoxy) is 1. The van der Waals surface area contributed by atoms with Crippen molar-refractivity contribution in [2.75, 3.05) is 45.1 Å². The van der Waals surface area contributed by atoms with Gasteiger partial charge in [-0.3, -0.25) is 0 Å². The Bertz CT molecular complexity index is 273. The highest BCUT2D eigenvalue weighted by atomic mass is 32.2. The van der Waals surface area contributed by atoms with Gasteiger partial charge in [-0.15, -0.1) is 0 Å². The van der Waals surface area contributed by atoms with Crippen molar-refractivity contribution in [3.63, 3.8) is 0 Å². The van der Waals surface area contributed by atoms with Gasteiger partial charge in [-0.1, -0.05) is 20.8 Å². The van der Waals surface area contributed by atoms with Crippen LogP contribution in [-0.4, -0.2) is 60.8 Å². The highest BCUT2D eigenvalue weighted by Crippen LogP contribution is 2.31. The van der Waals surface area contributed by atoms with Crippen molar-refractivity contribution in [1.82, 2.24) is 10.2 Å². The zero-order valence-corrected chi connectivity index (χ0v) is 13.6. The van der Waals surface area contributed by atoms with Crippen LogP contribution in [-0.2, 0) is 4.74 Å². The molecule has 3 nitrogen and oxygen atoms in total. The van der Waals surface area contributed by atoms with Gasteiger partial charge >= 0.3 is 0 Å². The van der Waals surface area contributed by atoms with E-state index in [1.807, 2.05) is 0 Å². The Morgan fingerprint density at radius 3 is 2.95 bits per heavy atom. The van der Waals surface area contributed by atoms with E-state index in [-0.39, 0.29) is 0 Å². The van der Waals surface area contributed by atoms with E-state index < -0.39 is 0 Å².